The summed E-state index contributed by atoms with van der Waals surface area (Å²) in [5, 5.41) is 66.6. The molecular weight excluding hydrogens is 292 g/mol. The molecule has 0 spiro atoms. The third kappa shape index (κ3) is 3.26. The Kier molecular flexibility index (Phi) is 4.18. The predicted octanol–water partition coefficient (Wildman–Crippen LogP) is 1.07. The summed E-state index contributed by atoms with van der Waals surface area (Å²) in [5.41, 5.74) is 0.426. The maximum Gasteiger partial charge on any atom is 0.200 e. The minimum atomic E-state index is -1.04. The van der Waals surface area contributed by atoms with Crippen LogP contribution in [0.15, 0.2) is 24.3 Å². The smallest absolute Gasteiger partial charge is 0.200 e. The van der Waals surface area contributed by atoms with E-state index in [2.05, 4.69) is 0 Å². The number of hydrogen-bond acceptors (Lipinski definition) is 7. The number of aliphatic hydroxyl groups excluding tert-OH is 1. The Morgan fingerprint density at radius 1 is 0.682 bits per heavy atom. The van der Waals surface area contributed by atoms with Crippen molar-refractivity contribution in [3.63, 3.8) is 0 Å². The number of aliphatic hydroxyl groups is 1. The van der Waals surface area contributed by atoms with Crippen LogP contribution in [-0.2, 0) is 12.8 Å². The topological polar surface area (TPSA) is 142 Å². The fourth-order valence-electron chi connectivity index (χ4n) is 2.19. The molecule has 22 heavy (non-hydrogen) atoms. The van der Waals surface area contributed by atoms with Gasteiger partial charge in [-0.25, -0.2) is 0 Å². The van der Waals surface area contributed by atoms with Crippen LogP contribution in [0.5, 0.6) is 34.5 Å². The van der Waals surface area contributed by atoms with Crippen molar-refractivity contribution in [1.29, 1.82) is 0 Å². The second kappa shape index (κ2) is 5.90. The van der Waals surface area contributed by atoms with Gasteiger partial charge in [-0.15, -0.1) is 0 Å². The summed E-state index contributed by atoms with van der Waals surface area (Å²) in [4.78, 5) is 0. The Morgan fingerprint density at radius 2 is 1.18 bits per heavy atom. The van der Waals surface area contributed by atoms with E-state index in [1.54, 1.807) is 0 Å². The van der Waals surface area contributed by atoms with Crippen LogP contribution >= 0.6 is 0 Å². The molecule has 7 nitrogen and oxygen atoms in total. The van der Waals surface area contributed by atoms with E-state index in [0.29, 0.717) is 5.56 Å². The van der Waals surface area contributed by atoms with Gasteiger partial charge in [0.2, 0.25) is 0 Å². The summed E-state index contributed by atoms with van der Waals surface area (Å²) in [6, 6.07) is 4.46. The van der Waals surface area contributed by atoms with Crippen molar-refractivity contribution >= 4 is 0 Å². The van der Waals surface area contributed by atoms with Gasteiger partial charge in [0.05, 0.1) is 6.10 Å². The van der Waals surface area contributed by atoms with Crippen LogP contribution in [0.2, 0.25) is 0 Å². The summed E-state index contributed by atoms with van der Waals surface area (Å²) in [5.74, 6) is -2.69. The molecule has 0 aliphatic heterocycles. The van der Waals surface area contributed by atoms with Gasteiger partial charge in [0, 0.05) is 24.1 Å². The maximum absolute atomic E-state index is 10.0. The van der Waals surface area contributed by atoms with Crippen molar-refractivity contribution < 1.29 is 35.7 Å². The van der Waals surface area contributed by atoms with Crippen LogP contribution in [0, 0.1) is 0 Å². The Hall–Kier alpha value is -2.80. The lowest BCUT2D eigenvalue weighted by atomic mass is 9.99. The Bertz CT molecular complexity index is 650. The van der Waals surface area contributed by atoms with Gasteiger partial charge in [-0.3, -0.25) is 0 Å². The lowest BCUT2D eigenvalue weighted by Gasteiger charge is -2.14. The second-order valence-corrected chi connectivity index (χ2v) is 5.01. The molecule has 118 valence electrons. The Labute approximate surface area is 125 Å². The standard InChI is InChI=1S/C15H16O7/c16-8(1-7-2-13(20)15(22)14(21)3-7)4-10-11(18)5-9(17)6-12(10)19/h2-3,5-6,8,16-22H,1,4H2/t8-/m0/s1. The molecule has 2 aromatic carbocycles. The van der Waals surface area contributed by atoms with Crippen LogP contribution in [-0.4, -0.2) is 41.8 Å². The molecule has 7 N–H and O–H groups in total. The van der Waals surface area contributed by atoms with Crippen LogP contribution in [0.25, 0.3) is 0 Å². The minimum Gasteiger partial charge on any atom is -0.508 e. The molecule has 0 saturated carbocycles. The van der Waals surface area contributed by atoms with Gasteiger partial charge in [-0.1, -0.05) is 0 Å². The molecule has 0 unspecified atom stereocenters. The molecular formula is C15H16O7. The summed E-state index contributed by atoms with van der Waals surface area (Å²) < 4.78 is 0. The fraction of sp³-hybridized carbons (Fsp3) is 0.200. The average molecular weight is 308 g/mol. The highest BCUT2D eigenvalue weighted by atomic mass is 16.3. The third-order valence-electron chi connectivity index (χ3n) is 3.23. The van der Waals surface area contributed by atoms with Crippen molar-refractivity contribution in [2.24, 2.45) is 0 Å². The van der Waals surface area contributed by atoms with Crippen molar-refractivity contribution in [2.75, 3.05) is 0 Å². The molecule has 0 heterocycles. The summed E-state index contributed by atoms with van der Waals surface area (Å²) in [6.45, 7) is 0. The first-order valence-corrected chi connectivity index (χ1v) is 6.43. The zero-order valence-electron chi connectivity index (χ0n) is 11.4. The highest BCUT2D eigenvalue weighted by Gasteiger charge is 2.16. The normalized spacial score (nSPS) is 12.2. The van der Waals surface area contributed by atoms with Gasteiger partial charge in [0.25, 0.3) is 0 Å². The Morgan fingerprint density at radius 3 is 1.68 bits per heavy atom. The molecule has 0 saturated heterocycles. The first kappa shape index (κ1) is 15.6. The molecule has 0 aliphatic carbocycles. The number of hydrogen-bond donors (Lipinski definition) is 7. The van der Waals surface area contributed by atoms with Crippen molar-refractivity contribution in [3.8, 4) is 34.5 Å². The van der Waals surface area contributed by atoms with E-state index in [9.17, 15) is 35.7 Å². The lowest BCUT2D eigenvalue weighted by Crippen LogP contribution is -2.14. The zero-order valence-corrected chi connectivity index (χ0v) is 11.4. The minimum absolute atomic E-state index is 0.00115. The van der Waals surface area contributed by atoms with Crippen LogP contribution in [0.1, 0.15) is 11.1 Å². The quantitative estimate of drug-likeness (QED) is 0.419. The molecule has 2 rings (SSSR count). The SMILES string of the molecule is Oc1cc(O)c(C[C@@H](O)Cc2cc(O)c(O)c(O)c2)c(O)c1. The van der Waals surface area contributed by atoms with E-state index in [4.69, 9.17) is 0 Å². The summed E-state index contributed by atoms with van der Waals surface area (Å²) >= 11 is 0. The lowest BCUT2D eigenvalue weighted by molar-refractivity contribution is 0.173. The maximum atomic E-state index is 10.0. The third-order valence-corrected chi connectivity index (χ3v) is 3.23. The van der Waals surface area contributed by atoms with E-state index >= 15 is 0 Å². The monoisotopic (exact) mass is 308 g/mol. The van der Waals surface area contributed by atoms with E-state index < -0.39 is 23.4 Å². The largest absolute Gasteiger partial charge is 0.508 e. The zero-order chi connectivity index (χ0) is 16.4. The first-order valence-electron chi connectivity index (χ1n) is 6.43. The van der Waals surface area contributed by atoms with Crippen LogP contribution in [0.4, 0.5) is 0 Å². The van der Waals surface area contributed by atoms with Crippen molar-refractivity contribution in [2.45, 2.75) is 18.9 Å². The van der Waals surface area contributed by atoms with Crippen LogP contribution in [0.3, 0.4) is 0 Å². The molecule has 0 aromatic heterocycles. The number of phenolic OH excluding ortho intramolecular Hbond substituents is 6. The second-order valence-electron chi connectivity index (χ2n) is 5.01. The van der Waals surface area contributed by atoms with Gasteiger partial charge < -0.3 is 35.7 Å². The van der Waals surface area contributed by atoms with Gasteiger partial charge in [0.15, 0.2) is 17.2 Å². The molecule has 0 bridgehead atoms. The summed E-state index contributed by atoms with van der Waals surface area (Å²) in [7, 11) is 0. The molecule has 0 fully saturated rings. The van der Waals surface area contributed by atoms with E-state index in [0.717, 1.165) is 12.1 Å². The fourth-order valence-corrected chi connectivity index (χ4v) is 2.19. The van der Waals surface area contributed by atoms with Gasteiger partial charge in [0.1, 0.15) is 17.2 Å². The van der Waals surface area contributed by atoms with E-state index in [1.165, 1.54) is 12.1 Å². The van der Waals surface area contributed by atoms with Gasteiger partial charge in [-0.05, 0) is 24.1 Å². The van der Waals surface area contributed by atoms with Gasteiger partial charge >= 0.3 is 0 Å². The average Bonchev–Trinajstić information content (AvgIpc) is 2.40. The number of rotatable bonds is 4. The first-order chi connectivity index (χ1) is 10.3. The molecule has 0 amide bonds. The highest BCUT2D eigenvalue weighted by molar-refractivity contribution is 5.51. The summed E-state index contributed by atoms with van der Waals surface area (Å²) in [6.07, 6.45) is -1.15. The van der Waals surface area contributed by atoms with Crippen LogP contribution < -0.4 is 0 Å². The Balaban J connectivity index is 2.16. The number of aromatic hydroxyl groups is 6. The molecule has 2 aromatic rings. The van der Waals surface area contributed by atoms with Crippen molar-refractivity contribution in [1.82, 2.24) is 0 Å². The van der Waals surface area contributed by atoms with E-state index in [1.807, 2.05) is 0 Å². The molecule has 0 radical (unpaired) electrons. The van der Waals surface area contributed by atoms with E-state index in [-0.39, 0.29) is 35.7 Å². The predicted molar refractivity (Wildman–Crippen MR) is 76.3 cm³/mol. The molecule has 0 aliphatic rings. The number of benzene rings is 2. The molecule has 1 atom stereocenters. The molecule has 7 heteroatoms. The highest BCUT2D eigenvalue weighted by Crippen LogP contribution is 2.36. The number of phenols is 6. The van der Waals surface area contributed by atoms with Gasteiger partial charge in [-0.2, -0.15) is 0 Å². The van der Waals surface area contributed by atoms with Crippen molar-refractivity contribution in [3.05, 3.63) is 35.4 Å².